The Bertz CT molecular complexity index is 1070. The molecule has 0 aliphatic heterocycles. The molecule has 124 valence electrons. The number of anilines is 2. The highest BCUT2D eigenvalue weighted by atomic mass is 32.1. The number of para-hydroxylation sites is 1. The fourth-order valence-electron chi connectivity index (χ4n) is 2.73. The molecule has 0 saturated carbocycles. The molecule has 0 amide bonds. The van der Waals surface area contributed by atoms with E-state index in [0.29, 0.717) is 11.3 Å². The van der Waals surface area contributed by atoms with E-state index in [1.807, 2.05) is 53.8 Å². The normalized spacial score (nSPS) is 10.9. The third-order valence-corrected chi connectivity index (χ3v) is 4.92. The topological polar surface area (TPSA) is 66.6 Å². The highest BCUT2D eigenvalue weighted by molar-refractivity contribution is 7.15. The summed E-state index contributed by atoms with van der Waals surface area (Å²) in [5, 5.41) is 12.7. The Labute approximate surface area is 148 Å². The van der Waals surface area contributed by atoms with Crippen molar-refractivity contribution < 1.29 is 9.90 Å². The molecule has 4 rings (SSSR count). The SMILES string of the molecule is Cc1ccc(-c2cnc3c(Nc4ccccc4)cc(C(=O)O)cn23)s1. The number of pyridine rings is 1. The number of benzene rings is 1. The molecular weight excluding hydrogens is 334 g/mol. The summed E-state index contributed by atoms with van der Waals surface area (Å²) in [5.74, 6) is -0.972. The number of rotatable bonds is 4. The maximum absolute atomic E-state index is 11.6. The molecule has 0 radical (unpaired) electrons. The number of aryl methyl sites for hydroxylation is 1. The summed E-state index contributed by atoms with van der Waals surface area (Å²) in [4.78, 5) is 18.3. The Kier molecular flexibility index (Phi) is 3.74. The summed E-state index contributed by atoms with van der Waals surface area (Å²) in [5.41, 5.74) is 3.31. The van der Waals surface area contributed by atoms with Crippen LogP contribution in [0.2, 0.25) is 0 Å². The van der Waals surface area contributed by atoms with Gasteiger partial charge < -0.3 is 10.4 Å². The summed E-state index contributed by atoms with van der Waals surface area (Å²) in [6.07, 6.45) is 3.40. The van der Waals surface area contributed by atoms with Gasteiger partial charge in [-0.1, -0.05) is 18.2 Å². The van der Waals surface area contributed by atoms with E-state index in [1.165, 1.54) is 4.88 Å². The van der Waals surface area contributed by atoms with E-state index in [1.54, 1.807) is 29.8 Å². The molecule has 0 aliphatic carbocycles. The van der Waals surface area contributed by atoms with E-state index in [9.17, 15) is 9.90 Å². The molecule has 1 aromatic carbocycles. The number of aromatic nitrogens is 2. The van der Waals surface area contributed by atoms with Crippen LogP contribution in [-0.2, 0) is 0 Å². The Balaban J connectivity index is 1.90. The molecule has 4 aromatic rings. The maximum Gasteiger partial charge on any atom is 0.337 e. The van der Waals surface area contributed by atoms with E-state index < -0.39 is 5.97 Å². The van der Waals surface area contributed by atoms with Crippen molar-refractivity contribution in [3.05, 3.63) is 71.4 Å². The molecule has 5 nitrogen and oxygen atoms in total. The molecule has 3 aromatic heterocycles. The lowest BCUT2D eigenvalue weighted by atomic mass is 10.2. The summed E-state index contributed by atoms with van der Waals surface area (Å²) >= 11 is 1.66. The molecule has 0 spiro atoms. The van der Waals surface area contributed by atoms with Crippen LogP contribution in [0.25, 0.3) is 16.2 Å². The van der Waals surface area contributed by atoms with Gasteiger partial charge in [0.2, 0.25) is 0 Å². The summed E-state index contributed by atoms with van der Waals surface area (Å²) in [6.45, 7) is 2.04. The summed E-state index contributed by atoms with van der Waals surface area (Å²) in [6, 6.07) is 15.3. The maximum atomic E-state index is 11.6. The second-order valence-electron chi connectivity index (χ2n) is 5.69. The molecule has 2 N–H and O–H groups in total. The van der Waals surface area contributed by atoms with Gasteiger partial charge in [0.1, 0.15) is 0 Å². The van der Waals surface area contributed by atoms with Crippen molar-refractivity contribution in [1.29, 1.82) is 0 Å². The number of nitrogens with zero attached hydrogens (tertiary/aromatic N) is 2. The van der Waals surface area contributed by atoms with Gasteiger partial charge in [0.15, 0.2) is 5.65 Å². The molecule has 0 unspecified atom stereocenters. The first-order valence-electron chi connectivity index (χ1n) is 7.75. The van der Waals surface area contributed by atoms with Gasteiger partial charge in [-0.3, -0.25) is 4.40 Å². The van der Waals surface area contributed by atoms with Crippen LogP contribution < -0.4 is 5.32 Å². The molecule has 3 heterocycles. The number of aromatic carboxylic acids is 1. The van der Waals surface area contributed by atoms with Gasteiger partial charge >= 0.3 is 5.97 Å². The molecule has 0 saturated heterocycles. The molecular formula is C19H15N3O2S. The van der Waals surface area contributed by atoms with E-state index in [0.717, 1.165) is 16.3 Å². The van der Waals surface area contributed by atoms with Crippen LogP contribution in [0, 0.1) is 6.92 Å². The number of fused-ring (bicyclic) bond motifs is 1. The van der Waals surface area contributed by atoms with Crippen LogP contribution in [0.3, 0.4) is 0 Å². The van der Waals surface area contributed by atoms with Crippen molar-refractivity contribution in [2.24, 2.45) is 0 Å². The van der Waals surface area contributed by atoms with Gasteiger partial charge in [-0.15, -0.1) is 11.3 Å². The van der Waals surface area contributed by atoms with Gasteiger partial charge in [-0.25, -0.2) is 9.78 Å². The van der Waals surface area contributed by atoms with Gasteiger partial charge in [0.05, 0.1) is 28.0 Å². The van der Waals surface area contributed by atoms with Crippen LogP contribution in [0.15, 0.2) is 60.9 Å². The first-order valence-corrected chi connectivity index (χ1v) is 8.57. The van der Waals surface area contributed by atoms with Crippen molar-refractivity contribution in [3.63, 3.8) is 0 Å². The highest BCUT2D eigenvalue weighted by Crippen LogP contribution is 2.31. The average Bonchev–Trinajstić information content (AvgIpc) is 3.21. The number of thiophene rings is 1. The predicted molar refractivity (Wildman–Crippen MR) is 99.9 cm³/mol. The zero-order valence-electron chi connectivity index (χ0n) is 13.4. The molecule has 0 atom stereocenters. The fraction of sp³-hybridized carbons (Fsp3) is 0.0526. The Morgan fingerprint density at radius 1 is 1.20 bits per heavy atom. The smallest absolute Gasteiger partial charge is 0.337 e. The fourth-order valence-corrected chi connectivity index (χ4v) is 3.60. The van der Waals surface area contributed by atoms with Crippen LogP contribution in [0.1, 0.15) is 15.2 Å². The van der Waals surface area contributed by atoms with Crippen LogP contribution >= 0.6 is 11.3 Å². The molecule has 6 heteroatoms. The van der Waals surface area contributed by atoms with Gasteiger partial charge in [0, 0.05) is 16.8 Å². The third kappa shape index (κ3) is 2.88. The van der Waals surface area contributed by atoms with E-state index >= 15 is 0 Å². The Morgan fingerprint density at radius 3 is 2.68 bits per heavy atom. The van der Waals surface area contributed by atoms with Crippen LogP contribution in [0.5, 0.6) is 0 Å². The lowest BCUT2D eigenvalue weighted by Gasteiger charge is -2.10. The minimum Gasteiger partial charge on any atom is -0.478 e. The molecule has 0 aliphatic rings. The summed E-state index contributed by atoms with van der Waals surface area (Å²) in [7, 11) is 0. The first-order chi connectivity index (χ1) is 12.1. The third-order valence-electron chi connectivity index (χ3n) is 3.90. The molecule has 0 bridgehead atoms. The summed E-state index contributed by atoms with van der Waals surface area (Å²) < 4.78 is 1.83. The zero-order chi connectivity index (χ0) is 17.4. The second-order valence-corrected chi connectivity index (χ2v) is 6.97. The number of carboxylic acids is 1. The predicted octanol–water partition coefficient (Wildman–Crippen LogP) is 4.81. The van der Waals surface area contributed by atoms with Crippen LogP contribution in [0.4, 0.5) is 11.4 Å². The van der Waals surface area contributed by atoms with Crippen molar-refractivity contribution in [3.8, 4) is 10.6 Å². The minimum absolute atomic E-state index is 0.207. The number of carboxylic acid groups (broad SMARTS) is 1. The molecule has 0 fully saturated rings. The number of hydrogen-bond donors (Lipinski definition) is 2. The van der Waals surface area contributed by atoms with Crippen molar-refractivity contribution in [2.45, 2.75) is 6.92 Å². The number of hydrogen-bond acceptors (Lipinski definition) is 4. The van der Waals surface area contributed by atoms with Gasteiger partial charge in [0.25, 0.3) is 0 Å². The molecule has 25 heavy (non-hydrogen) atoms. The quantitative estimate of drug-likeness (QED) is 0.555. The lowest BCUT2D eigenvalue weighted by molar-refractivity contribution is 0.0696. The standard InChI is InChI=1S/C19H15N3O2S/c1-12-7-8-17(25-12)16-10-20-18-15(21-14-5-3-2-4-6-14)9-13(19(23)24)11-22(16)18/h2-11,21H,1H3,(H,23,24). The monoisotopic (exact) mass is 349 g/mol. The van der Waals surface area contributed by atoms with Crippen molar-refractivity contribution >= 4 is 34.3 Å². The van der Waals surface area contributed by atoms with Gasteiger partial charge in [-0.2, -0.15) is 0 Å². The average molecular weight is 349 g/mol. The highest BCUT2D eigenvalue weighted by Gasteiger charge is 2.15. The Morgan fingerprint density at radius 2 is 2.00 bits per heavy atom. The van der Waals surface area contributed by atoms with Crippen molar-refractivity contribution in [1.82, 2.24) is 9.38 Å². The minimum atomic E-state index is -0.972. The van der Waals surface area contributed by atoms with Gasteiger partial charge in [-0.05, 0) is 37.3 Å². The lowest BCUT2D eigenvalue weighted by Crippen LogP contribution is -2.03. The first kappa shape index (κ1) is 15.4. The zero-order valence-corrected chi connectivity index (χ0v) is 14.2. The van der Waals surface area contributed by atoms with E-state index in [4.69, 9.17) is 0 Å². The number of carbonyl (C=O) groups is 1. The number of nitrogens with one attached hydrogen (secondary N) is 1. The van der Waals surface area contributed by atoms with E-state index in [2.05, 4.69) is 10.3 Å². The van der Waals surface area contributed by atoms with Crippen molar-refractivity contribution in [2.75, 3.05) is 5.32 Å². The second kappa shape index (κ2) is 6.07. The largest absolute Gasteiger partial charge is 0.478 e. The van der Waals surface area contributed by atoms with E-state index in [-0.39, 0.29) is 5.56 Å². The van der Waals surface area contributed by atoms with Crippen LogP contribution in [-0.4, -0.2) is 20.5 Å². The number of imidazole rings is 1. The Hall–Kier alpha value is -3.12.